The fraction of sp³-hybridized carbons (Fsp3) is 0.533. The number of ether oxygens (including phenoxy) is 1. The topological polar surface area (TPSA) is 50.4 Å². The maximum atomic E-state index is 12.2. The number of nitrogens with one attached hydrogen (secondary N) is 2. The minimum absolute atomic E-state index is 0.0446. The van der Waals surface area contributed by atoms with E-state index in [1.165, 1.54) is 0 Å². The van der Waals surface area contributed by atoms with Crippen molar-refractivity contribution in [1.82, 2.24) is 10.6 Å². The number of hydrogen-bond donors (Lipinski definition) is 2. The Balaban J connectivity index is 2.71. The third kappa shape index (κ3) is 5.01. The molecule has 0 atom stereocenters. The number of methoxy groups -OCH3 is 1. The Kier molecular flexibility index (Phi) is 5.99. The largest absolute Gasteiger partial charge is 0.377 e. The number of rotatable bonds is 7. The van der Waals surface area contributed by atoms with Gasteiger partial charge in [-0.05, 0) is 45.5 Å². The molecule has 0 saturated carbocycles. The normalized spacial score (nSPS) is 11.4. The molecule has 0 aliphatic rings. The summed E-state index contributed by atoms with van der Waals surface area (Å²) in [6, 6.07) is 7.70. The molecule has 106 valence electrons. The second-order valence-corrected chi connectivity index (χ2v) is 5.16. The summed E-state index contributed by atoms with van der Waals surface area (Å²) in [4.78, 5) is 12.2. The molecule has 4 heteroatoms. The van der Waals surface area contributed by atoms with Crippen LogP contribution in [0.1, 0.15) is 29.8 Å². The lowest BCUT2D eigenvalue weighted by molar-refractivity contribution is 0.0228. The Morgan fingerprint density at radius 3 is 2.63 bits per heavy atom. The summed E-state index contributed by atoms with van der Waals surface area (Å²) in [7, 11) is 3.55. The molecule has 0 fully saturated rings. The van der Waals surface area contributed by atoms with E-state index < -0.39 is 0 Å². The van der Waals surface area contributed by atoms with E-state index in [1.807, 2.05) is 45.2 Å². The van der Waals surface area contributed by atoms with Crippen LogP contribution in [0.5, 0.6) is 0 Å². The highest BCUT2D eigenvalue weighted by molar-refractivity contribution is 5.95. The van der Waals surface area contributed by atoms with E-state index in [0.717, 1.165) is 24.1 Å². The minimum atomic E-state index is -0.352. The maximum Gasteiger partial charge on any atom is 0.251 e. The molecule has 4 nitrogen and oxygen atoms in total. The van der Waals surface area contributed by atoms with Gasteiger partial charge in [-0.1, -0.05) is 18.2 Å². The van der Waals surface area contributed by atoms with E-state index in [-0.39, 0.29) is 11.5 Å². The molecule has 1 aromatic rings. The maximum absolute atomic E-state index is 12.2. The second kappa shape index (κ2) is 7.26. The molecule has 0 aliphatic heterocycles. The minimum Gasteiger partial charge on any atom is -0.377 e. The summed E-state index contributed by atoms with van der Waals surface area (Å²) in [6.45, 7) is 5.23. The molecule has 19 heavy (non-hydrogen) atoms. The van der Waals surface area contributed by atoms with Crippen molar-refractivity contribution in [2.45, 2.75) is 25.9 Å². The monoisotopic (exact) mass is 264 g/mol. The van der Waals surface area contributed by atoms with Crippen molar-refractivity contribution in [3.8, 4) is 0 Å². The lowest BCUT2D eigenvalue weighted by Crippen LogP contribution is -2.40. The van der Waals surface area contributed by atoms with E-state index in [9.17, 15) is 4.79 Å². The predicted octanol–water partition coefficient (Wildman–Crippen LogP) is 1.60. The first-order valence-electron chi connectivity index (χ1n) is 6.56. The van der Waals surface area contributed by atoms with Crippen LogP contribution >= 0.6 is 0 Å². The molecule has 0 aromatic heterocycles. The van der Waals surface area contributed by atoms with Crippen molar-refractivity contribution < 1.29 is 9.53 Å². The summed E-state index contributed by atoms with van der Waals surface area (Å²) in [5, 5.41) is 6.02. The van der Waals surface area contributed by atoms with Gasteiger partial charge < -0.3 is 15.4 Å². The molecule has 1 amide bonds. The van der Waals surface area contributed by atoms with E-state index >= 15 is 0 Å². The molecule has 0 spiro atoms. The van der Waals surface area contributed by atoms with Crippen LogP contribution in [0.2, 0.25) is 0 Å². The highest BCUT2D eigenvalue weighted by Crippen LogP contribution is 2.10. The highest BCUT2D eigenvalue weighted by Gasteiger charge is 2.18. The Morgan fingerprint density at radius 1 is 1.32 bits per heavy atom. The van der Waals surface area contributed by atoms with Crippen LogP contribution in [0, 0.1) is 0 Å². The number of carbonyl (C=O) groups excluding carboxylic acids is 1. The van der Waals surface area contributed by atoms with Crippen molar-refractivity contribution in [2.24, 2.45) is 0 Å². The molecule has 2 N–H and O–H groups in total. The SMILES string of the molecule is CNCCc1ccccc1C(=O)NCC(C)(C)OC. The third-order valence-corrected chi connectivity index (χ3v) is 3.13. The summed E-state index contributed by atoms with van der Waals surface area (Å²) < 4.78 is 5.29. The van der Waals surface area contributed by atoms with Gasteiger partial charge in [0, 0.05) is 19.2 Å². The fourth-order valence-corrected chi connectivity index (χ4v) is 1.68. The van der Waals surface area contributed by atoms with E-state index in [4.69, 9.17) is 4.74 Å². The van der Waals surface area contributed by atoms with Crippen molar-refractivity contribution in [3.63, 3.8) is 0 Å². The Bertz CT molecular complexity index is 416. The van der Waals surface area contributed by atoms with Gasteiger partial charge in [-0.3, -0.25) is 4.79 Å². The fourth-order valence-electron chi connectivity index (χ4n) is 1.68. The molecule has 1 aromatic carbocycles. The number of amides is 1. The standard InChI is InChI=1S/C15H24N2O2/c1-15(2,19-4)11-17-14(18)13-8-6-5-7-12(13)9-10-16-3/h5-8,16H,9-11H2,1-4H3,(H,17,18). The van der Waals surface area contributed by atoms with Crippen molar-refractivity contribution in [1.29, 1.82) is 0 Å². The average Bonchev–Trinajstić information content (AvgIpc) is 2.43. The summed E-state index contributed by atoms with van der Waals surface area (Å²) in [6.07, 6.45) is 0.841. The van der Waals surface area contributed by atoms with E-state index in [2.05, 4.69) is 10.6 Å². The highest BCUT2D eigenvalue weighted by atomic mass is 16.5. The molecule has 1 rings (SSSR count). The predicted molar refractivity (Wildman–Crippen MR) is 77.5 cm³/mol. The first-order chi connectivity index (χ1) is 9.00. The Morgan fingerprint density at radius 2 is 2.00 bits per heavy atom. The number of carbonyl (C=O) groups is 1. The van der Waals surface area contributed by atoms with Crippen molar-refractivity contribution in [3.05, 3.63) is 35.4 Å². The molecule has 0 radical (unpaired) electrons. The zero-order chi connectivity index (χ0) is 14.3. The average molecular weight is 264 g/mol. The molecule has 0 unspecified atom stereocenters. The van der Waals surface area contributed by atoms with Gasteiger partial charge in [0.2, 0.25) is 0 Å². The zero-order valence-electron chi connectivity index (χ0n) is 12.2. The van der Waals surface area contributed by atoms with Crippen LogP contribution in [0.15, 0.2) is 24.3 Å². The van der Waals surface area contributed by atoms with Gasteiger partial charge in [0.15, 0.2) is 0 Å². The first-order valence-corrected chi connectivity index (χ1v) is 6.56. The van der Waals surface area contributed by atoms with Gasteiger partial charge in [0.1, 0.15) is 0 Å². The molecular weight excluding hydrogens is 240 g/mol. The van der Waals surface area contributed by atoms with Gasteiger partial charge in [-0.15, -0.1) is 0 Å². The molecule has 0 heterocycles. The number of benzene rings is 1. The Labute approximate surface area is 115 Å². The van der Waals surface area contributed by atoms with E-state index in [1.54, 1.807) is 7.11 Å². The molecule has 0 bridgehead atoms. The second-order valence-electron chi connectivity index (χ2n) is 5.16. The van der Waals surface area contributed by atoms with Crippen LogP contribution in [0.3, 0.4) is 0 Å². The summed E-state index contributed by atoms with van der Waals surface area (Å²) in [5.74, 6) is -0.0446. The molecule has 0 aliphatic carbocycles. The number of likely N-dealkylation sites (N-methyl/N-ethyl adjacent to an activating group) is 1. The summed E-state index contributed by atoms with van der Waals surface area (Å²) in [5.41, 5.74) is 1.45. The van der Waals surface area contributed by atoms with E-state index in [0.29, 0.717) is 6.54 Å². The van der Waals surface area contributed by atoms with Gasteiger partial charge in [-0.25, -0.2) is 0 Å². The van der Waals surface area contributed by atoms with Crippen LogP contribution in [-0.2, 0) is 11.2 Å². The lowest BCUT2D eigenvalue weighted by atomic mass is 10.0. The van der Waals surface area contributed by atoms with Crippen LogP contribution in [0.25, 0.3) is 0 Å². The zero-order valence-corrected chi connectivity index (χ0v) is 12.2. The van der Waals surface area contributed by atoms with Gasteiger partial charge in [0.25, 0.3) is 5.91 Å². The van der Waals surface area contributed by atoms with Crippen LogP contribution in [-0.4, -0.2) is 38.8 Å². The quantitative estimate of drug-likeness (QED) is 0.786. The molecular formula is C15H24N2O2. The van der Waals surface area contributed by atoms with Gasteiger partial charge >= 0.3 is 0 Å². The number of hydrogen-bond acceptors (Lipinski definition) is 3. The smallest absolute Gasteiger partial charge is 0.251 e. The van der Waals surface area contributed by atoms with Crippen molar-refractivity contribution in [2.75, 3.05) is 27.2 Å². The first kappa shape index (κ1) is 15.7. The Hall–Kier alpha value is -1.39. The molecule has 0 saturated heterocycles. The van der Waals surface area contributed by atoms with Gasteiger partial charge in [0.05, 0.1) is 5.60 Å². The van der Waals surface area contributed by atoms with Crippen LogP contribution < -0.4 is 10.6 Å². The van der Waals surface area contributed by atoms with Gasteiger partial charge in [-0.2, -0.15) is 0 Å². The summed E-state index contributed by atoms with van der Waals surface area (Å²) >= 11 is 0. The lowest BCUT2D eigenvalue weighted by Gasteiger charge is -2.23. The van der Waals surface area contributed by atoms with Crippen molar-refractivity contribution >= 4 is 5.91 Å². The van der Waals surface area contributed by atoms with Crippen LogP contribution in [0.4, 0.5) is 0 Å². The third-order valence-electron chi connectivity index (χ3n) is 3.13.